The SMILES string of the molecule is C=CCCN1C[C@@H]2CN(C)[C@@H](c3ccccc3C)[C@@H]2C1.Cl.Cl. The van der Waals surface area contributed by atoms with E-state index >= 15 is 0 Å². The normalized spacial score (nSPS) is 27.8. The smallest absolute Gasteiger partial charge is 0.0391 e. The van der Waals surface area contributed by atoms with Crippen LogP contribution in [0.1, 0.15) is 23.6 Å². The van der Waals surface area contributed by atoms with Crippen molar-refractivity contribution in [3.05, 3.63) is 48.0 Å². The van der Waals surface area contributed by atoms with Crippen molar-refractivity contribution in [3.8, 4) is 0 Å². The lowest BCUT2D eigenvalue weighted by Crippen LogP contribution is -2.29. The Kier molecular flexibility index (Phi) is 7.40. The first kappa shape index (κ1) is 19.5. The van der Waals surface area contributed by atoms with Crippen LogP contribution in [0.3, 0.4) is 0 Å². The summed E-state index contributed by atoms with van der Waals surface area (Å²) in [5, 5.41) is 0. The van der Waals surface area contributed by atoms with Crippen molar-refractivity contribution in [2.75, 3.05) is 33.2 Å². The lowest BCUT2D eigenvalue weighted by molar-refractivity contribution is 0.229. The Balaban J connectivity index is 0.00000121. The number of nitrogens with zero attached hydrogens (tertiary/aromatic N) is 2. The molecular weight excluding hydrogens is 315 g/mol. The first-order valence-electron chi connectivity index (χ1n) is 7.79. The Bertz CT molecular complexity index is 492. The van der Waals surface area contributed by atoms with Crippen molar-refractivity contribution >= 4 is 24.8 Å². The van der Waals surface area contributed by atoms with Gasteiger partial charge in [-0.15, -0.1) is 31.4 Å². The van der Waals surface area contributed by atoms with E-state index in [1.165, 1.54) is 37.3 Å². The van der Waals surface area contributed by atoms with Crippen molar-refractivity contribution < 1.29 is 0 Å². The van der Waals surface area contributed by atoms with E-state index in [0.29, 0.717) is 6.04 Å². The van der Waals surface area contributed by atoms with Crippen LogP contribution in [0.2, 0.25) is 0 Å². The molecule has 0 aromatic heterocycles. The fraction of sp³-hybridized carbons (Fsp3) is 0.556. The molecule has 0 N–H and O–H groups in total. The number of fused-ring (bicyclic) bond motifs is 1. The van der Waals surface area contributed by atoms with Crippen LogP contribution in [0.25, 0.3) is 0 Å². The maximum absolute atomic E-state index is 3.85. The zero-order chi connectivity index (χ0) is 14.1. The third kappa shape index (κ3) is 3.68. The van der Waals surface area contributed by atoms with Crippen molar-refractivity contribution in [1.29, 1.82) is 0 Å². The molecule has 2 nitrogen and oxygen atoms in total. The summed E-state index contributed by atoms with van der Waals surface area (Å²) in [5.41, 5.74) is 2.97. The molecule has 0 radical (unpaired) electrons. The number of hydrogen-bond acceptors (Lipinski definition) is 2. The van der Waals surface area contributed by atoms with Crippen LogP contribution < -0.4 is 0 Å². The zero-order valence-corrected chi connectivity index (χ0v) is 15.2. The summed E-state index contributed by atoms with van der Waals surface area (Å²) < 4.78 is 0. The average molecular weight is 343 g/mol. The summed E-state index contributed by atoms with van der Waals surface area (Å²) >= 11 is 0. The molecule has 2 saturated heterocycles. The largest absolute Gasteiger partial charge is 0.302 e. The van der Waals surface area contributed by atoms with Gasteiger partial charge < -0.3 is 4.90 Å². The molecule has 0 saturated carbocycles. The Morgan fingerprint density at radius 1 is 1.18 bits per heavy atom. The van der Waals surface area contributed by atoms with Crippen LogP contribution in [0.5, 0.6) is 0 Å². The fourth-order valence-electron chi connectivity index (χ4n) is 4.19. The molecule has 0 amide bonds. The summed E-state index contributed by atoms with van der Waals surface area (Å²) in [5.74, 6) is 1.64. The van der Waals surface area contributed by atoms with E-state index in [2.05, 4.69) is 54.6 Å². The summed E-state index contributed by atoms with van der Waals surface area (Å²) in [6, 6.07) is 9.52. The highest BCUT2D eigenvalue weighted by atomic mass is 35.5. The Hall–Kier alpha value is -0.540. The minimum atomic E-state index is 0. The number of hydrogen-bond donors (Lipinski definition) is 0. The second-order valence-electron chi connectivity index (χ2n) is 6.50. The molecule has 3 rings (SSSR count). The van der Waals surface area contributed by atoms with E-state index in [1.807, 2.05) is 6.08 Å². The molecule has 0 aliphatic carbocycles. The molecule has 1 aromatic carbocycles. The topological polar surface area (TPSA) is 6.48 Å². The third-order valence-electron chi connectivity index (χ3n) is 5.13. The van der Waals surface area contributed by atoms with Crippen molar-refractivity contribution in [2.45, 2.75) is 19.4 Å². The van der Waals surface area contributed by atoms with Crippen molar-refractivity contribution in [3.63, 3.8) is 0 Å². The minimum absolute atomic E-state index is 0. The summed E-state index contributed by atoms with van der Waals surface area (Å²) in [4.78, 5) is 5.21. The Morgan fingerprint density at radius 2 is 1.91 bits per heavy atom. The van der Waals surface area contributed by atoms with Gasteiger partial charge in [0.2, 0.25) is 0 Å². The van der Waals surface area contributed by atoms with Gasteiger partial charge >= 0.3 is 0 Å². The zero-order valence-electron chi connectivity index (χ0n) is 13.6. The van der Waals surface area contributed by atoms with Gasteiger partial charge in [-0.2, -0.15) is 0 Å². The first-order valence-corrected chi connectivity index (χ1v) is 7.79. The van der Waals surface area contributed by atoms with Crippen LogP contribution in [0, 0.1) is 18.8 Å². The Labute approximate surface area is 147 Å². The third-order valence-corrected chi connectivity index (χ3v) is 5.13. The van der Waals surface area contributed by atoms with Crippen molar-refractivity contribution in [1.82, 2.24) is 9.80 Å². The van der Waals surface area contributed by atoms with Gasteiger partial charge in [0.1, 0.15) is 0 Å². The van der Waals surface area contributed by atoms with E-state index in [1.54, 1.807) is 0 Å². The molecule has 22 heavy (non-hydrogen) atoms. The van der Waals surface area contributed by atoms with Crippen LogP contribution in [-0.2, 0) is 0 Å². The molecule has 1 aromatic rings. The molecule has 2 heterocycles. The molecule has 2 aliphatic heterocycles. The fourth-order valence-corrected chi connectivity index (χ4v) is 4.19. The highest BCUT2D eigenvalue weighted by Gasteiger charge is 2.45. The minimum Gasteiger partial charge on any atom is -0.302 e. The van der Waals surface area contributed by atoms with Gasteiger partial charge in [0.05, 0.1) is 0 Å². The quantitative estimate of drug-likeness (QED) is 0.764. The molecule has 2 aliphatic rings. The summed E-state index contributed by atoms with van der Waals surface area (Å²) in [6.45, 7) is 11.0. The van der Waals surface area contributed by atoms with E-state index in [4.69, 9.17) is 0 Å². The number of rotatable bonds is 4. The number of benzene rings is 1. The molecule has 4 heteroatoms. The molecule has 124 valence electrons. The van der Waals surface area contributed by atoms with Crippen LogP contribution in [-0.4, -0.2) is 43.0 Å². The summed E-state index contributed by atoms with van der Waals surface area (Å²) in [7, 11) is 2.30. The van der Waals surface area contributed by atoms with E-state index in [9.17, 15) is 0 Å². The second-order valence-corrected chi connectivity index (χ2v) is 6.50. The standard InChI is InChI=1S/C18H26N2.2ClH/c1-4-5-10-20-12-15-11-19(3)18(17(15)13-20)16-9-7-6-8-14(16)2;;/h4,6-9,15,17-18H,1,5,10-13H2,2-3H3;2*1H/t15-,17+,18-;;/m0../s1. The van der Waals surface area contributed by atoms with Crippen LogP contribution in [0.4, 0.5) is 0 Å². The lowest BCUT2D eigenvalue weighted by Gasteiger charge is -2.28. The van der Waals surface area contributed by atoms with Crippen LogP contribution in [0.15, 0.2) is 36.9 Å². The highest BCUT2D eigenvalue weighted by Crippen LogP contribution is 2.44. The van der Waals surface area contributed by atoms with Gasteiger partial charge in [-0.1, -0.05) is 30.3 Å². The monoisotopic (exact) mass is 342 g/mol. The van der Waals surface area contributed by atoms with E-state index < -0.39 is 0 Å². The maximum Gasteiger partial charge on any atom is 0.0391 e. The molecule has 2 fully saturated rings. The van der Waals surface area contributed by atoms with E-state index in [0.717, 1.165) is 18.3 Å². The average Bonchev–Trinajstić information content (AvgIpc) is 2.94. The number of halogens is 2. The highest BCUT2D eigenvalue weighted by molar-refractivity contribution is 5.85. The predicted octanol–water partition coefficient (Wildman–Crippen LogP) is 3.95. The summed E-state index contributed by atoms with van der Waals surface area (Å²) in [6.07, 6.45) is 3.16. The predicted molar refractivity (Wildman–Crippen MR) is 99.3 cm³/mol. The molecule has 3 atom stereocenters. The van der Waals surface area contributed by atoms with E-state index in [-0.39, 0.29) is 24.8 Å². The van der Waals surface area contributed by atoms with Gasteiger partial charge in [0, 0.05) is 32.2 Å². The molecule has 0 unspecified atom stereocenters. The molecule has 0 bridgehead atoms. The van der Waals surface area contributed by atoms with Gasteiger partial charge in [-0.05, 0) is 43.4 Å². The van der Waals surface area contributed by atoms with Gasteiger partial charge in [-0.25, -0.2) is 0 Å². The molecule has 0 spiro atoms. The molecular formula is C18H28Cl2N2. The number of likely N-dealkylation sites (tertiary alicyclic amines) is 2. The van der Waals surface area contributed by atoms with Crippen molar-refractivity contribution in [2.24, 2.45) is 11.8 Å². The first-order chi connectivity index (χ1) is 9.70. The van der Waals surface area contributed by atoms with Crippen LogP contribution >= 0.6 is 24.8 Å². The maximum atomic E-state index is 3.85. The second kappa shape index (κ2) is 8.35. The Morgan fingerprint density at radius 3 is 2.59 bits per heavy atom. The van der Waals surface area contributed by atoms with Gasteiger partial charge in [0.25, 0.3) is 0 Å². The number of aryl methyl sites for hydroxylation is 1. The van der Waals surface area contributed by atoms with Gasteiger partial charge in [-0.3, -0.25) is 4.90 Å². The van der Waals surface area contributed by atoms with Gasteiger partial charge in [0.15, 0.2) is 0 Å². The lowest BCUT2D eigenvalue weighted by atomic mass is 9.88.